The minimum absolute atomic E-state index is 0.186. The number of hydrogen-bond acceptors (Lipinski definition) is 2. The molecule has 0 spiro atoms. The maximum Gasteiger partial charge on any atom is 0.244 e. The molecule has 2 heterocycles. The lowest BCUT2D eigenvalue weighted by molar-refractivity contribution is -0.133. The first-order valence-corrected chi connectivity index (χ1v) is 5.51. The van der Waals surface area contributed by atoms with Crippen molar-refractivity contribution in [3.8, 4) is 0 Å². The van der Waals surface area contributed by atoms with E-state index in [0.29, 0.717) is 6.54 Å². The number of hydrogen-bond donors (Lipinski definition) is 0. The highest BCUT2D eigenvalue weighted by Gasteiger charge is 2.20. The molecule has 1 aliphatic heterocycles. The van der Waals surface area contributed by atoms with Crippen molar-refractivity contribution in [2.75, 3.05) is 13.1 Å². The van der Waals surface area contributed by atoms with Crippen molar-refractivity contribution < 1.29 is 4.79 Å². The Morgan fingerprint density at radius 2 is 2.20 bits per heavy atom. The van der Waals surface area contributed by atoms with Crippen LogP contribution < -0.4 is 0 Å². The van der Waals surface area contributed by atoms with E-state index >= 15 is 0 Å². The third-order valence-corrected chi connectivity index (χ3v) is 2.99. The highest BCUT2D eigenvalue weighted by molar-refractivity contribution is 5.75. The molecule has 4 nitrogen and oxygen atoms in total. The summed E-state index contributed by atoms with van der Waals surface area (Å²) in [6.07, 6.45) is 5.78. The van der Waals surface area contributed by atoms with E-state index in [4.69, 9.17) is 0 Å². The van der Waals surface area contributed by atoms with Crippen molar-refractivity contribution in [1.29, 1.82) is 0 Å². The Morgan fingerprint density at radius 1 is 1.47 bits per heavy atom. The Kier molecular flexibility index (Phi) is 3.04. The zero-order valence-electron chi connectivity index (χ0n) is 9.09. The molecule has 0 radical (unpaired) electrons. The first-order chi connectivity index (χ1) is 7.25. The molecule has 0 unspecified atom stereocenters. The van der Waals surface area contributed by atoms with Crippen molar-refractivity contribution in [3.63, 3.8) is 0 Å². The van der Waals surface area contributed by atoms with E-state index in [1.54, 1.807) is 10.9 Å². The Balaban J connectivity index is 1.86. The van der Waals surface area contributed by atoms with E-state index < -0.39 is 0 Å². The predicted octanol–water partition coefficient (Wildman–Crippen LogP) is 1.14. The van der Waals surface area contributed by atoms with Crippen LogP contribution in [0.5, 0.6) is 0 Å². The Hall–Kier alpha value is -1.32. The van der Waals surface area contributed by atoms with Crippen molar-refractivity contribution in [1.82, 2.24) is 14.7 Å². The van der Waals surface area contributed by atoms with Crippen molar-refractivity contribution in [2.24, 2.45) is 5.92 Å². The topological polar surface area (TPSA) is 38.1 Å². The summed E-state index contributed by atoms with van der Waals surface area (Å²) >= 11 is 0. The van der Waals surface area contributed by atoms with Gasteiger partial charge in [-0.1, -0.05) is 6.92 Å². The summed E-state index contributed by atoms with van der Waals surface area (Å²) in [5.41, 5.74) is 0. The lowest BCUT2D eigenvalue weighted by atomic mass is 9.99. The molecule has 15 heavy (non-hydrogen) atoms. The number of carbonyl (C=O) groups is 1. The van der Waals surface area contributed by atoms with Crippen LogP contribution in [0.4, 0.5) is 0 Å². The second kappa shape index (κ2) is 4.47. The molecule has 0 atom stereocenters. The van der Waals surface area contributed by atoms with Crippen LogP contribution in [-0.4, -0.2) is 33.7 Å². The summed E-state index contributed by atoms with van der Waals surface area (Å²) in [7, 11) is 0. The van der Waals surface area contributed by atoms with Crippen LogP contribution in [0.25, 0.3) is 0 Å². The number of carbonyl (C=O) groups excluding carboxylic acids is 1. The van der Waals surface area contributed by atoms with E-state index in [-0.39, 0.29) is 5.91 Å². The fourth-order valence-electron chi connectivity index (χ4n) is 1.89. The molecule has 1 aromatic rings. The summed E-state index contributed by atoms with van der Waals surface area (Å²) in [4.78, 5) is 13.8. The molecule has 1 fully saturated rings. The van der Waals surface area contributed by atoms with Gasteiger partial charge >= 0.3 is 0 Å². The van der Waals surface area contributed by atoms with Crippen molar-refractivity contribution in [2.45, 2.75) is 26.3 Å². The van der Waals surface area contributed by atoms with Crippen LogP contribution in [0.2, 0.25) is 0 Å². The summed E-state index contributed by atoms with van der Waals surface area (Å²) in [5.74, 6) is 0.948. The average molecular weight is 207 g/mol. The van der Waals surface area contributed by atoms with Gasteiger partial charge in [-0.2, -0.15) is 5.10 Å². The fraction of sp³-hybridized carbons (Fsp3) is 0.636. The smallest absolute Gasteiger partial charge is 0.244 e. The van der Waals surface area contributed by atoms with Crippen molar-refractivity contribution >= 4 is 5.91 Å². The van der Waals surface area contributed by atoms with E-state index in [1.165, 1.54) is 0 Å². The third kappa shape index (κ3) is 2.58. The standard InChI is InChI=1S/C11H17N3O/c1-10-3-7-13(8-4-10)11(15)9-14-6-2-5-12-14/h2,5-6,10H,3-4,7-9H2,1H3. The van der Waals surface area contributed by atoms with Gasteiger partial charge in [0.2, 0.25) is 5.91 Å². The number of rotatable bonds is 2. The van der Waals surface area contributed by atoms with Crippen molar-refractivity contribution in [3.05, 3.63) is 18.5 Å². The second-order valence-corrected chi connectivity index (χ2v) is 4.27. The average Bonchev–Trinajstić information content (AvgIpc) is 2.71. The van der Waals surface area contributed by atoms with Gasteiger partial charge < -0.3 is 4.90 Å². The number of piperidine rings is 1. The maximum absolute atomic E-state index is 11.8. The van der Waals surface area contributed by atoms with Gasteiger partial charge in [-0.3, -0.25) is 9.48 Å². The third-order valence-electron chi connectivity index (χ3n) is 2.99. The lowest BCUT2D eigenvalue weighted by Crippen LogP contribution is -2.39. The molecule has 0 N–H and O–H groups in total. The Labute approximate surface area is 89.9 Å². The Morgan fingerprint density at radius 3 is 2.80 bits per heavy atom. The van der Waals surface area contributed by atoms with Crippen LogP contribution in [-0.2, 0) is 11.3 Å². The molecule has 1 aromatic heterocycles. The molecule has 0 bridgehead atoms. The quantitative estimate of drug-likeness (QED) is 0.729. The molecule has 1 amide bonds. The molecule has 0 aromatic carbocycles. The number of aromatic nitrogens is 2. The minimum atomic E-state index is 0.186. The number of amides is 1. The van der Waals surface area contributed by atoms with Gasteiger partial charge in [-0.25, -0.2) is 0 Å². The largest absolute Gasteiger partial charge is 0.341 e. The van der Waals surface area contributed by atoms with Gasteiger partial charge in [0.15, 0.2) is 0 Å². The van der Waals surface area contributed by atoms with Gasteiger partial charge in [0.1, 0.15) is 6.54 Å². The molecule has 2 rings (SSSR count). The highest BCUT2D eigenvalue weighted by Crippen LogP contribution is 2.16. The van der Waals surface area contributed by atoms with Crippen LogP contribution in [0.15, 0.2) is 18.5 Å². The van der Waals surface area contributed by atoms with E-state index in [9.17, 15) is 4.79 Å². The van der Waals surface area contributed by atoms with Gasteiger partial charge in [0, 0.05) is 25.5 Å². The van der Waals surface area contributed by atoms with Gasteiger partial charge in [-0.15, -0.1) is 0 Å². The summed E-state index contributed by atoms with van der Waals surface area (Å²) in [6, 6.07) is 1.84. The van der Waals surface area contributed by atoms with Gasteiger partial charge in [0.05, 0.1) is 0 Å². The molecule has 82 valence electrons. The lowest BCUT2D eigenvalue weighted by Gasteiger charge is -2.30. The van der Waals surface area contributed by atoms with Gasteiger partial charge in [0.25, 0.3) is 0 Å². The fourth-order valence-corrected chi connectivity index (χ4v) is 1.89. The first-order valence-electron chi connectivity index (χ1n) is 5.51. The zero-order valence-corrected chi connectivity index (χ0v) is 9.09. The summed E-state index contributed by atoms with van der Waals surface area (Å²) in [5, 5.41) is 4.04. The molecule has 1 saturated heterocycles. The van der Waals surface area contributed by atoms with Crippen LogP contribution in [0.1, 0.15) is 19.8 Å². The SMILES string of the molecule is CC1CCN(C(=O)Cn2cccn2)CC1. The predicted molar refractivity (Wildman–Crippen MR) is 57.2 cm³/mol. The van der Waals surface area contributed by atoms with E-state index in [1.807, 2.05) is 17.2 Å². The monoisotopic (exact) mass is 207 g/mol. The number of likely N-dealkylation sites (tertiary alicyclic amines) is 1. The molecule has 0 saturated carbocycles. The minimum Gasteiger partial charge on any atom is -0.341 e. The van der Waals surface area contributed by atoms with Gasteiger partial charge in [-0.05, 0) is 24.8 Å². The molecule has 1 aliphatic rings. The highest BCUT2D eigenvalue weighted by atomic mass is 16.2. The van der Waals surface area contributed by atoms with E-state index in [0.717, 1.165) is 31.8 Å². The molecular weight excluding hydrogens is 190 g/mol. The van der Waals surface area contributed by atoms with Crippen LogP contribution in [0, 0.1) is 5.92 Å². The molecule has 0 aliphatic carbocycles. The Bertz CT molecular complexity index is 313. The summed E-state index contributed by atoms with van der Waals surface area (Å²) < 4.78 is 1.68. The van der Waals surface area contributed by atoms with Crippen LogP contribution in [0.3, 0.4) is 0 Å². The summed E-state index contributed by atoms with van der Waals surface area (Å²) in [6.45, 7) is 4.43. The molecule has 4 heteroatoms. The molecular formula is C11H17N3O. The van der Waals surface area contributed by atoms with E-state index in [2.05, 4.69) is 12.0 Å². The first kappa shape index (κ1) is 10.2. The normalized spacial score (nSPS) is 18.1. The zero-order chi connectivity index (χ0) is 10.7. The van der Waals surface area contributed by atoms with Crippen LogP contribution >= 0.6 is 0 Å². The second-order valence-electron chi connectivity index (χ2n) is 4.27. The number of nitrogens with zero attached hydrogens (tertiary/aromatic N) is 3. The maximum atomic E-state index is 11.8.